The standard InChI is InChI=1S/C31H33N3O4S/c1-20(2)32-18-10-16-31-26(25-24(39-31)15-9-17-33(28(25)36)22-13-7-4-8-14-22)29(37)34(27(31)30(32)38)23(19-35)21-11-5-3-6-12-21/h3-16,20,23-27,35H,17-19H2,1-2H3/t23-,24+,25-,26+,27?,31+/m1/s1. The molecule has 4 aliphatic rings. The highest BCUT2D eigenvalue weighted by Crippen LogP contribution is 2.62. The number of aliphatic hydroxyl groups is 1. The highest BCUT2D eigenvalue weighted by Gasteiger charge is 2.72. The number of anilines is 1. The van der Waals surface area contributed by atoms with Crippen LogP contribution < -0.4 is 4.90 Å². The van der Waals surface area contributed by atoms with E-state index in [2.05, 4.69) is 0 Å². The highest BCUT2D eigenvalue weighted by molar-refractivity contribution is 8.02. The largest absolute Gasteiger partial charge is 0.394 e. The Balaban J connectivity index is 1.50. The number of nitrogens with zero attached hydrogens (tertiary/aromatic N) is 3. The lowest BCUT2D eigenvalue weighted by Crippen LogP contribution is -2.55. The van der Waals surface area contributed by atoms with Crippen molar-refractivity contribution in [1.82, 2.24) is 9.80 Å². The van der Waals surface area contributed by atoms with Crippen molar-refractivity contribution in [2.75, 3.05) is 24.6 Å². The van der Waals surface area contributed by atoms with E-state index in [9.17, 15) is 19.5 Å². The van der Waals surface area contributed by atoms with Crippen LogP contribution in [0.5, 0.6) is 0 Å². The topological polar surface area (TPSA) is 81.2 Å². The third-order valence-electron chi connectivity index (χ3n) is 8.51. The predicted molar refractivity (Wildman–Crippen MR) is 152 cm³/mol. The Morgan fingerprint density at radius 1 is 0.923 bits per heavy atom. The van der Waals surface area contributed by atoms with Crippen LogP contribution in [0.25, 0.3) is 0 Å². The molecule has 8 heteroatoms. The van der Waals surface area contributed by atoms with Gasteiger partial charge in [-0.15, -0.1) is 11.8 Å². The van der Waals surface area contributed by atoms with E-state index in [-0.39, 0.29) is 35.6 Å². The van der Waals surface area contributed by atoms with Gasteiger partial charge in [-0.3, -0.25) is 14.4 Å². The van der Waals surface area contributed by atoms with E-state index in [0.29, 0.717) is 13.1 Å². The number of rotatable bonds is 5. The van der Waals surface area contributed by atoms with Crippen molar-refractivity contribution in [1.29, 1.82) is 0 Å². The first-order chi connectivity index (χ1) is 18.9. The minimum atomic E-state index is -0.922. The molecule has 4 aliphatic heterocycles. The first-order valence-corrected chi connectivity index (χ1v) is 14.4. The van der Waals surface area contributed by atoms with Crippen LogP contribution in [0, 0.1) is 11.8 Å². The van der Waals surface area contributed by atoms with Crippen LogP contribution in [0.15, 0.2) is 85.0 Å². The first kappa shape index (κ1) is 25.9. The summed E-state index contributed by atoms with van der Waals surface area (Å²) in [5.41, 5.74) is 1.55. The fourth-order valence-corrected chi connectivity index (χ4v) is 8.76. The molecule has 3 amide bonds. The average molecular weight is 544 g/mol. The molecule has 202 valence electrons. The second-order valence-electron chi connectivity index (χ2n) is 10.9. The van der Waals surface area contributed by atoms with Gasteiger partial charge in [0.2, 0.25) is 17.7 Å². The minimum Gasteiger partial charge on any atom is -0.394 e. The molecule has 6 rings (SSSR count). The van der Waals surface area contributed by atoms with Crippen LogP contribution in [0.4, 0.5) is 5.69 Å². The van der Waals surface area contributed by atoms with Gasteiger partial charge >= 0.3 is 0 Å². The number of hydrogen-bond acceptors (Lipinski definition) is 5. The zero-order valence-electron chi connectivity index (χ0n) is 22.1. The number of hydrogen-bond donors (Lipinski definition) is 1. The van der Waals surface area contributed by atoms with Crippen molar-refractivity contribution < 1.29 is 19.5 Å². The van der Waals surface area contributed by atoms with Crippen molar-refractivity contribution >= 4 is 35.2 Å². The predicted octanol–water partition coefficient (Wildman–Crippen LogP) is 3.43. The molecule has 6 atom stereocenters. The Bertz CT molecular complexity index is 1330. The molecule has 0 aromatic heterocycles. The molecule has 2 fully saturated rings. The van der Waals surface area contributed by atoms with E-state index in [4.69, 9.17) is 0 Å². The van der Waals surface area contributed by atoms with E-state index < -0.39 is 28.7 Å². The number of aliphatic hydroxyl groups excluding tert-OH is 1. The monoisotopic (exact) mass is 543 g/mol. The molecular weight excluding hydrogens is 510 g/mol. The van der Waals surface area contributed by atoms with E-state index in [1.54, 1.807) is 26.5 Å². The summed E-state index contributed by atoms with van der Waals surface area (Å²) < 4.78 is -0.922. The van der Waals surface area contributed by atoms with Crippen molar-refractivity contribution in [2.45, 2.75) is 42.0 Å². The van der Waals surface area contributed by atoms with Crippen molar-refractivity contribution in [3.05, 3.63) is 90.5 Å². The molecule has 7 nitrogen and oxygen atoms in total. The number of fused-ring (bicyclic) bond motifs is 2. The molecule has 4 heterocycles. The number of thioether (sulfide) groups is 1. The number of likely N-dealkylation sites (tertiary alicyclic amines) is 1. The maximum absolute atomic E-state index is 14.6. The number of carbonyl (C=O) groups excluding carboxylic acids is 3. The normalized spacial score (nSPS) is 30.8. The summed E-state index contributed by atoms with van der Waals surface area (Å²) >= 11 is 1.56. The second-order valence-corrected chi connectivity index (χ2v) is 12.4. The summed E-state index contributed by atoms with van der Waals surface area (Å²) in [5, 5.41) is 10.4. The van der Waals surface area contributed by atoms with E-state index in [1.165, 1.54) is 0 Å². The third-order valence-corrected chi connectivity index (χ3v) is 10.3. The molecule has 0 saturated carbocycles. The zero-order valence-corrected chi connectivity index (χ0v) is 22.9. The maximum atomic E-state index is 14.6. The third kappa shape index (κ3) is 3.95. The number of benzene rings is 2. The van der Waals surface area contributed by atoms with Crippen molar-refractivity contribution in [3.8, 4) is 0 Å². The lowest BCUT2D eigenvalue weighted by atomic mass is 9.78. The Labute approximate surface area is 233 Å². The van der Waals surface area contributed by atoms with E-state index in [1.807, 2.05) is 98.8 Å². The summed E-state index contributed by atoms with van der Waals surface area (Å²) in [6.45, 7) is 4.49. The number of amides is 3. The van der Waals surface area contributed by atoms with Crippen LogP contribution in [0.3, 0.4) is 0 Å². The van der Waals surface area contributed by atoms with Gasteiger partial charge < -0.3 is 19.8 Å². The Morgan fingerprint density at radius 3 is 2.28 bits per heavy atom. The smallest absolute Gasteiger partial charge is 0.247 e. The Hall–Kier alpha value is -3.36. The van der Waals surface area contributed by atoms with Gasteiger partial charge in [0.1, 0.15) is 6.04 Å². The van der Waals surface area contributed by atoms with Crippen LogP contribution in [-0.2, 0) is 14.4 Å². The quantitative estimate of drug-likeness (QED) is 0.585. The Kier molecular flexibility index (Phi) is 6.63. The van der Waals surface area contributed by atoms with Gasteiger partial charge in [-0.25, -0.2) is 0 Å². The molecule has 0 aliphatic carbocycles. The zero-order chi connectivity index (χ0) is 27.3. The maximum Gasteiger partial charge on any atom is 0.247 e. The van der Waals surface area contributed by atoms with Gasteiger partial charge in [0.25, 0.3) is 0 Å². The molecule has 0 bridgehead atoms. The molecule has 1 N–H and O–H groups in total. The number of carbonyl (C=O) groups is 3. The molecule has 1 spiro atoms. The molecule has 2 aromatic carbocycles. The van der Waals surface area contributed by atoms with Crippen LogP contribution in [0.2, 0.25) is 0 Å². The fourth-order valence-electron chi connectivity index (χ4n) is 6.76. The van der Waals surface area contributed by atoms with E-state index >= 15 is 0 Å². The number of para-hydroxylation sites is 1. The van der Waals surface area contributed by atoms with Gasteiger partial charge in [0.15, 0.2) is 0 Å². The first-order valence-electron chi connectivity index (χ1n) is 13.6. The molecule has 2 saturated heterocycles. The van der Waals surface area contributed by atoms with Crippen LogP contribution >= 0.6 is 11.8 Å². The summed E-state index contributed by atoms with van der Waals surface area (Å²) in [6, 6.07) is 17.3. The second kappa shape index (κ2) is 9.99. The van der Waals surface area contributed by atoms with Gasteiger partial charge in [-0.2, -0.15) is 0 Å². The lowest BCUT2D eigenvalue weighted by Gasteiger charge is -2.39. The SMILES string of the molecule is CC(C)N1CC=C[C@]23S[C@H]4C=CCN(c5ccccc5)C(=O)[C@H]4[C@H]2C(=O)N([C@H](CO)c2ccccc2)C3C1=O. The van der Waals surface area contributed by atoms with Gasteiger partial charge in [0.05, 0.1) is 29.2 Å². The fraction of sp³-hybridized carbons (Fsp3) is 0.387. The summed E-state index contributed by atoms with van der Waals surface area (Å²) in [7, 11) is 0. The van der Waals surface area contributed by atoms with Crippen molar-refractivity contribution in [3.63, 3.8) is 0 Å². The molecule has 2 aromatic rings. The van der Waals surface area contributed by atoms with Gasteiger partial charge in [0, 0.05) is 30.1 Å². The average Bonchev–Trinajstić information content (AvgIpc) is 3.25. The highest BCUT2D eigenvalue weighted by atomic mass is 32.2. The van der Waals surface area contributed by atoms with Gasteiger partial charge in [-0.05, 0) is 31.5 Å². The molecule has 1 unspecified atom stereocenters. The Morgan fingerprint density at radius 2 is 1.62 bits per heavy atom. The lowest BCUT2D eigenvalue weighted by molar-refractivity contribution is -0.146. The van der Waals surface area contributed by atoms with Gasteiger partial charge in [-0.1, -0.05) is 72.8 Å². The molecule has 0 radical (unpaired) electrons. The van der Waals surface area contributed by atoms with Crippen LogP contribution in [0.1, 0.15) is 25.5 Å². The van der Waals surface area contributed by atoms with Crippen LogP contribution in [-0.4, -0.2) is 74.4 Å². The summed E-state index contributed by atoms with van der Waals surface area (Å²) in [5.74, 6) is -1.86. The summed E-state index contributed by atoms with van der Waals surface area (Å²) in [6.07, 6.45) is 8.05. The molecular formula is C31H33N3O4S. The van der Waals surface area contributed by atoms with E-state index in [0.717, 1.165) is 11.3 Å². The minimum absolute atomic E-state index is 0.0652. The molecule has 39 heavy (non-hydrogen) atoms. The summed E-state index contributed by atoms with van der Waals surface area (Å²) in [4.78, 5) is 48.4. The van der Waals surface area contributed by atoms with Crippen molar-refractivity contribution in [2.24, 2.45) is 11.8 Å².